The molecule has 35 heavy (non-hydrogen) atoms. The monoisotopic (exact) mass is 490 g/mol. The second-order valence-electron chi connectivity index (χ2n) is 11.5. The zero-order chi connectivity index (χ0) is 25.2. The summed E-state index contributed by atoms with van der Waals surface area (Å²) in [5, 5.41) is 0. The molecule has 0 saturated carbocycles. The molecule has 0 unspecified atom stereocenters. The van der Waals surface area contributed by atoms with E-state index >= 15 is 0 Å². The minimum atomic E-state index is 0.724. The summed E-state index contributed by atoms with van der Waals surface area (Å²) in [6, 6.07) is 0. The lowest BCUT2D eigenvalue weighted by Gasteiger charge is -2.13. The Bertz CT molecular complexity index is 535. The number of H-pyrrole nitrogens is 1. The van der Waals surface area contributed by atoms with E-state index in [2.05, 4.69) is 42.8 Å². The Morgan fingerprint density at radius 2 is 0.829 bits per heavy atom. The molecule has 0 bridgehead atoms. The number of aryl methyl sites for hydroxylation is 1. The summed E-state index contributed by atoms with van der Waals surface area (Å²) in [6.45, 7) is 4.61. The number of hydrogen-bond acceptors (Lipinski definition) is 0. The third-order valence-corrected chi connectivity index (χ3v) is 8.11. The minimum Gasteiger partial charge on any atom is -0.247 e. The third kappa shape index (κ3) is 19.0. The molecule has 0 aliphatic carbocycles. The molecule has 1 aromatic rings. The number of aromatic nitrogens is 2. The van der Waals surface area contributed by atoms with Gasteiger partial charge in [0, 0.05) is 0 Å². The van der Waals surface area contributed by atoms with Gasteiger partial charge in [0.05, 0.1) is 13.0 Å². The van der Waals surface area contributed by atoms with Crippen molar-refractivity contribution in [1.82, 2.24) is 4.98 Å². The molecule has 0 radical (unpaired) electrons. The minimum absolute atomic E-state index is 0.724. The maximum Gasteiger partial charge on any atom is 0.257 e. The van der Waals surface area contributed by atoms with Gasteiger partial charge in [0.2, 0.25) is 0 Å². The Morgan fingerprint density at radius 1 is 0.514 bits per heavy atom. The average molecular weight is 490 g/mol. The molecule has 0 amide bonds. The van der Waals surface area contributed by atoms with Crippen LogP contribution in [0.25, 0.3) is 0 Å². The Morgan fingerprint density at radius 3 is 1.11 bits per heavy atom. The Labute approximate surface area is 221 Å². The second-order valence-corrected chi connectivity index (χ2v) is 11.5. The van der Waals surface area contributed by atoms with Crippen molar-refractivity contribution in [3.8, 4) is 0 Å². The van der Waals surface area contributed by atoms with Crippen molar-refractivity contribution < 1.29 is 4.57 Å². The van der Waals surface area contributed by atoms with Crippen LogP contribution in [0.4, 0.5) is 0 Å². The summed E-state index contributed by atoms with van der Waals surface area (Å²) in [5.41, 5.74) is 0. The summed E-state index contributed by atoms with van der Waals surface area (Å²) < 4.78 is 2.32. The van der Waals surface area contributed by atoms with Crippen molar-refractivity contribution in [2.75, 3.05) is 0 Å². The highest BCUT2D eigenvalue weighted by atomic mass is 15.0. The van der Waals surface area contributed by atoms with Gasteiger partial charge in [-0.2, -0.15) is 0 Å². The smallest absolute Gasteiger partial charge is 0.247 e. The fraction of sp³-hybridized carbons (Fsp3) is 0.909. The highest BCUT2D eigenvalue weighted by molar-refractivity contribution is 4.89. The van der Waals surface area contributed by atoms with E-state index < -0.39 is 0 Å². The number of nitrogens with zero attached hydrogens (tertiary/aromatic N) is 1. The summed E-state index contributed by atoms with van der Waals surface area (Å²) in [7, 11) is 2.21. The predicted octanol–water partition coefficient (Wildman–Crippen LogP) is 11.1. The van der Waals surface area contributed by atoms with Crippen LogP contribution in [0.15, 0.2) is 12.4 Å². The largest absolute Gasteiger partial charge is 0.257 e. The Balaban J connectivity index is 2.02. The number of aromatic amines is 1. The zero-order valence-electron chi connectivity index (χ0n) is 24.6. The fourth-order valence-electron chi connectivity index (χ4n) is 5.70. The van der Waals surface area contributed by atoms with Crippen LogP contribution in [0.1, 0.15) is 193 Å². The van der Waals surface area contributed by atoms with Crippen molar-refractivity contribution in [3.05, 3.63) is 18.2 Å². The van der Waals surface area contributed by atoms with E-state index in [4.69, 9.17) is 0 Å². The van der Waals surface area contributed by atoms with Crippen LogP contribution in [0.2, 0.25) is 0 Å². The van der Waals surface area contributed by atoms with Gasteiger partial charge in [0.25, 0.3) is 5.82 Å². The number of imidazole rings is 1. The van der Waals surface area contributed by atoms with Gasteiger partial charge in [-0.3, -0.25) is 0 Å². The van der Waals surface area contributed by atoms with Crippen LogP contribution in [0.3, 0.4) is 0 Å². The molecule has 0 aliphatic heterocycles. The molecule has 2 nitrogen and oxygen atoms in total. The summed E-state index contributed by atoms with van der Waals surface area (Å²) in [4.78, 5) is 3.55. The van der Waals surface area contributed by atoms with Crippen LogP contribution in [-0.4, -0.2) is 4.98 Å². The highest BCUT2D eigenvalue weighted by Crippen LogP contribution is 2.26. The van der Waals surface area contributed by atoms with Crippen molar-refractivity contribution in [1.29, 1.82) is 0 Å². The van der Waals surface area contributed by atoms with Gasteiger partial charge in [0.1, 0.15) is 12.4 Å². The van der Waals surface area contributed by atoms with Crippen molar-refractivity contribution in [2.45, 2.75) is 187 Å². The molecule has 1 aromatic heterocycles. The number of hydrogen-bond donors (Lipinski definition) is 1. The van der Waals surface area contributed by atoms with Crippen molar-refractivity contribution >= 4 is 0 Å². The van der Waals surface area contributed by atoms with Crippen LogP contribution >= 0.6 is 0 Å². The molecule has 2 heteroatoms. The summed E-state index contributed by atoms with van der Waals surface area (Å²) in [6.07, 6.45) is 41.6. The standard InChI is InChI=1S/C33H64N2/c1-4-6-8-10-12-14-15-16-17-18-19-21-23-25-27-29-32(33-34-30-31-35(33)3)28-26-24-22-20-13-11-9-7-5-2/h30-32H,4-29H2,1-3H3/p+1/t32-/m0/s1. The Hall–Kier alpha value is -0.790. The van der Waals surface area contributed by atoms with E-state index in [0.717, 1.165) is 5.92 Å². The van der Waals surface area contributed by atoms with Crippen LogP contribution in [0, 0.1) is 0 Å². The normalized spacial score (nSPS) is 12.4. The van der Waals surface area contributed by atoms with E-state index in [-0.39, 0.29) is 0 Å². The van der Waals surface area contributed by atoms with Crippen LogP contribution in [0.5, 0.6) is 0 Å². The summed E-state index contributed by atoms with van der Waals surface area (Å²) >= 11 is 0. The SMILES string of the molecule is CCCCCCCCCCCCCCCCC[C@H](CCCCCCCCCCC)c1[nH]cc[n+]1C. The molecule has 1 N–H and O–H groups in total. The number of rotatable bonds is 27. The molecule has 1 rings (SSSR count). The molecule has 1 atom stereocenters. The predicted molar refractivity (Wildman–Crippen MR) is 156 cm³/mol. The molecule has 0 saturated heterocycles. The first kappa shape index (κ1) is 32.2. The average Bonchev–Trinajstić information content (AvgIpc) is 3.29. The van der Waals surface area contributed by atoms with Crippen molar-refractivity contribution in [3.63, 3.8) is 0 Å². The zero-order valence-corrected chi connectivity index (χ0v) is 24.6. The number of unbranched alkanes of at least 4 members (excludes halogenated alkanes) is 22. The van der Waals surface area contributed by atoms with Gasteiger partial charge in [0.15, 0.2) is 0 Å². The first-order valence-electron chi connectivity index (χ1n) is 16.3. The molecule has 0 fully saturated rings. The van der Waals surface area contributed by atoms with Gasteiger partial charge < -0.3 is 0 Å². The van der Waals surface area contributed by atoms with Gasteiger partial charge in [-0.1, -0.05) is 168 Å². The quantitative estimate of drug-likeness (QED) is 0.0936. The first-order chi connectivity index (χ1) is 17.3. The van der Waals surface area contributed by atoms with E-state index in [0.29, 0.717) is 0 Å². The molecule has 206 valence electrons. The van der Waals surface area contributed by atoms with E-state index in [1.54, 1.807) is 0 Å². The Kier molecular flexibility index (Phi) is 22.9. The first-order valence-corrected chi connectivity index (χ1v) is 16.3. The van der Waals surface area contributed by atoms with E-state index in [1.807, 2.05) is 0 Å². The third-order valence-electron chi connectivity index (χ3n) is 8.11. The lowest BCUT2D eigenvalue weighted by Crippen LogP contribution is -2.32. The second kappa shape index (κ2) is 24.9. The van der Waals surface area contributed by atoms with Crippen LogP contribution < -0.4 is 4.57 Å². The molecule has 1 heterocycles. The lowest BCUT2D eigenvalue weighted by molar-refractivity contribution is -0.679. The highest BCUT2D eigenvalue weighted by Gasteiger charge is 2.20. The fourth-order valence-corrected chi connectivity index (χ4v) is 5.70. The summed E-state index contributed by atoms with van der Waals surface area (Å²) in [5.74, 6) is 2.18. The van der Waals surface area contributed by atoms with Crippen LogP contribution in [-0.2, 0) is 7.05 Å². The van der Waals surface area contributed by atoms with Gasteiger partial charge in [-0.15, -0.1) is 0 Å². The maximum absolute atomic E-state index is 3.55. The molecule has 0 spiro atoms. The molecular formula is C33H65N2+. The number of nitrogens with one attached hydrogen (secondary N) is 1. The topological polar surface area (TPSA) is 19.7 Å². The van der Waals surface area contributed by atoms with E-state index in [1.165, 1.54) is 173 Å². The van der Waals surface area contributed by atoms with Gasteiger partial charge in [-0.05, 0) is 12.8 Å². The van der Waals surface area contributed by atoms with Gasteiger partial charge in [-0.25, -0.2) is 9.55 Å². The molecule has 0 aromatic carbocycles. The molecule has 0 aliphatic rings. The maximum atomic E-state index is 3.55. The van der Waals surface area contributed by atoms with E-state index in [9.17, 15) is 0 Å². The van der Waals surface area contributed by atoms with Crippen molar-refractivity contribution in [2.24, 2.45) is 7.05 Å². The lowest BCUT2D eigenvalue weighted by atomic mass is 9.93. The van der Waals surface area contributed by atoms with Gasteiger partial charge >= 0.3 is 0 Å². The molecular weight excluding hydrogens is 424 g/mol.